The van der Waals surface area contributed by atoms with Crippen LogP contribution in [0, 0.1) is 11.6 Å². The van der Waals surface area contributed by atoms with Gasteiger partial charge in [-0.15, -0.1) is 0 Å². The van der Waals surface area contributed by atoms with E-state index in [2.05, 4.69) is 0 Å². The van der Waals surface area contributed by atoms with Crippen molar-refractivity contribution in [3.05, 3.63) is 35.4 Å². The van der Waals surface area contributed by atoms with Crippen LogP contribution in [-0.4, -0.2) is 18.0 Å². The van der Waals surface area contributed by atoms with Crippen LogP contribution in [0.1, 0.15) is 31.7 Å². The highest BCUT2D eigenvalue weighted by molar-refractivity contribution is 5.88. The third-order valence-electron chi connectivity index (χ3n) is 3.42. The lowest BCUT2D eigenvalue weighted by atomic mass is 9.88. The molecule has 1 fully saturated rings. The lowest BCUT2D eigenvalue weighted by Gasteiger charge is -2.32. The molecule has 0 saturated carbocycles. The number of ether oxygens (including phenoxy) is 1. The topological polar surface area (TPSA) is 26.3 Å². The molecule has 0 aliphatic carbocycles. The monoisotopic (exact) mass is 254 g/mol. The molecule has 0 spiro atoms. The summed E-state index contributed by atoms with van der Waals surface area (Å²) in [6.45, 7) is 2.31. The van der Waals surface area contributed by atoms with Gasteiger partial charge in [-0.3, -0.25) is 4.79 Å². The maximum atomic E-state index is 13.5. The van der Waals surface area contributed by atoms with E-state index in [-0.39, 0.29) is 17.8 Å². The molecule has 0 aromatic heterocycles. The number of rotatable bonds is 3. The summed E-state index contributed by atoms with van der Waals surface area (Å²) >= 11 is 0. The number of hydrogen-bond donors (Lipinski definition) is 0. The molecule has 2 rings (SSSR count). The van der Waals surface area contributed by atoms with Crippen molar-refractivity contribution in [3.8, 4) is 0 Å². The maximum Gasteiger partial charge on any atom is 0.168 e. The first kappa shape index (κ1) is 13.1. The first-order valence-electron chi connectivity index (χ1n) is 6.12. The second-order valence-electron chi connectivity index (χ2n) is 4.87. The number of hydrogen-bond acceptors (Lipinski definition) is 2. The van der Waals surface area contributed by atoms with Crippen LogP contribution in [0.3, 0.4) is 0 Å². The van der Waals surface area contributed by atoms with E-state index in [9.17, 15) is 13.6 Å². The Bertz CT molecular complexity index is 451. The van der Waals surface area contributed by atoms with Gasteiger partial charge in [0, 0.05) is 19.1 Å². The van der Waals surface area contributed by atoms with Gasteiger partial charge in [-0.2, -0.15) is 0 Å². The molecule has 1 unspecified atom stereocenters. The summed E-state index contributed by atoms with van der Waals surface area (Å²) < 4.78 is 31.8. The largest absolute Gasteiger partial charge is 0.367 e. The molecular formula is C14H16F2O2. The Kier molecular flexibility index (Phi) is 3.76. The minimum absolute atomic E-state index is 0.0530. The average molecular weight is 254 g/mol. The highest BCUT2D eigenvalue weighted by Gasteiger charge is 2.35. The molecule has 1 saturated heterocycles. The second-order valence-corrected chi connectivity index (χ2v) is 4.87. The van der Waals surface area contributed by atoms with Crippen LogP contribution in [0.25, 0.3) is 0 Å². The Morgan fingerprint density at radius 1 is 1.39 bits per heavy atom. The molecule has 1 aromatic carbocycles. The number of carbonyl (C=O) groups excluding carboxylic acids is 1. The molecule has 0 bridgehead atoms. The Morgan fingerprint density at radius 3 is 2.78 bits per heavy atom. The summed E-state index contributed by atoms with van der Waals surface area (Å²) in [4.78, 5) is 12.1. The predicted octanol–water partition coefficient (Wildman–Crippen LogP) is 3.04. The van der Waals surface area contributed by atoms with Crippen molar-refractivity contribution < 1.29 is 18.3 Å². The lowest BCUT2D eigenvalue weighted by molar-refractivity contribution is -0.147. The summed E-state index contributed by atoms with van der Waals surface area (Å²) in [5.41, 5.74) is -0.601. The predicted molar refractivity (Wildman–Crippen MR) is 63.3 cm³/mol. The molecule has 1 atom stereocenters. The van der Waals surface area contributed by atoms with E-state index >= 15 is 0 Å². The highest BCUT2D eigenvalue weighted by Crippen LogP contribution is 2.27. The van der Waals surface area contributed by atoms with Gasteiger partial charge in [-0.05, 0) is 37.8 Å². The van der Waals surface area contributed by atoms with Crippen LogP contribution in [-0.2, 0) is 16.0 Å². The summed E-state index contributed by atoms with van der Waals surface area (Å²) in [5, 5.41) is 0. The molecule has 0 N–H and O–H groups in total. The normalized spacial score (nSPS) is 23.9. The maximum absolute atomic E-state index is 13.5. The fourth-order valence-electron chi connectivity index (χ4n) is 2.18. The zero-order valence-electron chi connectivity index (χ0n) is 10.3. The fraction of sp³-hybridized carbons (Fsp3) is 0.500. The van der Waals surface area contributed by atoms with E-state index in [1.54, 1.807) is 6.92 Å². The minimum Gasteiger partial charge on any atom is -0.367 e. The van der Waals surface area contributed by atoms with Crippen LogP contribution in [0.5, 0.6) is 0 Å². The van der Waals surface area contributed by atoms with Gasteiger partial charge in [-0.1, -0.05) is 6.07 Å². The van der Waals surface area contributed by atoms with Crippen LogP contribution in [0.15, 0.2) is 18.2 Å². The molecule has 18 heavy (non-hydrogen) atoms. The standard InChI is InChI=1S/C14H16F2O2/c1-14(6-2-3-7-18-14)13(17)8-10-4-5-11(15)9-12(10)16/h4-5,9H,2-3,6-8H2,1H3. The van der Waals surface area contributed by atoms with Crippen molar-refractivity contribution >= 4 is 5.78 Å². The number of benzene rings is 1. The molecule has 2 nitrogen and oxygen atoms in total. The molecule has 1 aliphatic rings. The summed E-state index contributed by atoms with van der Waals surface area (Å²) in [5.74, 6) is -1.46. The molecule has 0 radical (unpaired) electrons. The van der Waals surface area contributed by atoms with E-state index in [1.165, 1.54) is 6.07 Å². The number of ketones is 1. The van der Waals surface area contributed by atoms with Gasteiger partial charge < -0.3 is 4.74 Å². The zero-order valence-corrected chi connectivity index (χ0v) is 10.3. The van der Waals surface area contributed by atoms with Crippen molar-refractivity contribution in [2.24, 2.45) is 0 Å². The van der Waals surface area contributed by atoms with Gasteiger partial charge in [-0.25, -0.2) is 8.78 Å². The average Bonchev–Trinajstić information content (AvgIpc) is 2.33. The summed E-state index contributed by atoms with van der Waals surface area (Å²) in [7, 11) is 0. The first-order valence-corrected chi connectivity index (χ1v) is 6.12. The van der Waals surface area contributed by atoms with Crippen molar-refractivity contribution in [1.29, 1.82) is 0 Å². The van der Waals surface area contributed by atoms with Gasteiger partial charge >= 0.3 is 0 Å². The number of halogens is 2. The van der Waals surface area contributed by atoms with Crippen molar-refractivity contribution in [3.63, 3.8) is 0 Å². The molecule has 1 aromatic rings. The van der Waals surface area contributed by atoms with E-state index in [1.807, 2.05) is 0 Å². The van der Waals surface area contributed by atoms with Gasteiger partial charge in [0.05, 0.1) is 0 Å². The second kappa shape index (κ2) is 5.14. The van der Waals surface area contributed by atoms with Crippen LogP contribution in [0.4, 0.5) is 8.78 Å². The molecule has 98 valence electrons. The van der Waals surface area contributed by atoms with Crippen LogP contribution < -0.4 is 0 Å². The Balaban J connectivity index is 2.11. The summed E-state index contributed by atoms with van der Waals surface area (Å²) in [6, 6.07) is 3.27. The van der Waals surface area contributed by atoms with Crippen LogP contribution >= 0.6 is 0 Å². The highest BCUT2D eigenvalue weighted by atomic mass is 19.1. The molecule has 0 amide bonds. The van der Waals surface area contributed by atoms with Gasteiger partial charge in [0.15, 0.2) is 5.78 Å². The van der Waals surface area contributed by atoms with Crippen molar-refractivity contribution in [2.75, 3.05) is 6.61 Å². The van der Waals surface area contributed by atoms with Gasteiger partial charge in [0.2, 0.25) is 0 Å². The smallest absolute Gasteiger partial charge is 0.168 e. The third-order valence-corrected chi connectivity index (χ3v) is 3.42. The fourth-order valence-corrected chi connectivity index (χ4v) is 2.18. The molecule has 1 aliphatic heterocycles. The Labute approximate surface area is 105 Å². The molecular weight excluding hydrogens is 238 g/mol. The van der Waals surface area contributed by atoms with Gasteiger partial charge in [0.25, 0.3) is 0 Å². The zero-order chi connectivity index (χ0) is 13.2. The van der Waals surface area contributed by atoms with Gasteiger partial charge in [0.1, 0.15) is 17.2 Å². The molecule has 4 heteroatoms. The lowest BCUT2D eigenvalue weighted by Crippen LogP contribution is -2.42. The SMILES string of the molecule is CC1(C(=O)Cc2ccc(F)cc2F)CCCCO1. The summed E-state index contributed by atoms with van der Waals surface area (Å²) in [6.07, 6.45) is 2.50. The Hall–Kier alpha value is -1.29. The molecule has 1 heterocycles. The number of carbonyl (C=O) groups is 1. The number of Topliss-reactive ketones (excluding diaryl/α,β-unsaturated/α-hetero) is 1. The quantitative estimate of drug-likeness (QED) is 0.828. The van der Waals surface area contributed by atoms with Crippen LogP contribution in [0.2, 0.25) is 0 Å². The first-order chi connectivity index (χ1) is 8.51. The van der Waals surface area contributed by atoms with E-state index in [4.69, 9.17) is 4.74 Å². The Morgan fingerprint density at radius 2 is 2.17 bits per heavy atom. The van der Waals surface area contributed by atoms with E-state index in [0.29, 0.717) is 13.0 Å². The minimum atomic E-state index is -0.820. The van der Waals surface area contributed by atoms with Crippen molar-refractivity contribution in [2.45, 2.75) is 38.2 Å². The van der Waals surface area contributed by atoms with E-state index < -0.39 is 17.2 Å². The van der Waals surface area contributed by atoms with Crippen molar-refractivity contribution in [1.82, 2.24) is 0 Å². The third kappa shape index (κ3) is 2.75. The van der Waals surface area contributed by atoms with E-state index in [0.717, 1.165) is 25.0 Å².